The zero-order valence-electron chi connectivity index (χ0n) is 14.2. The third kappa shape index (κ3) is 4.16. The Morgan fingerprint density at radius 1 is 1.30 bits per heavy atom. The zero-order valence-corrected chi connectivity index (χ0v) is 14.2. The van der Waals surface area contributed by atoms with Crippen molar-refractivity contribution in [3.63, 3.8) is 0 Å². The summed E-state index contributed by atoms with van der Waals surface area (Å²) in [6, 6.07) is 8.00. The Morgan fingerprint density at radius 3 is 2.61 bits per heavy atom. The van der Waals surface area contributed by atoms with E-state index < -0.39 is 0 Å². The maximum atomic E-state index is 12.4. The van der Waals surface area contributed by atoms with Crippen LogP contribution in [-0.2, 0) is 4.74 Å². The highest BCUT2D eigenvalue weighted by Gasteiger charge is 2.22. The topological polar surface area (TPSA) is 69.0 Å². The number of benzene rings is 1. The summed E-state index contributed by atoms with van der Waals surface area (Å²) in [5.74, 6) is -0.0609. The van der Waals surface area contributed by atoms with Crippen molar-refractivity contribution in [1.82, 2.24) is 20.3 Å². The highest BCUT2D eigenvalue weighted by atomic mass is 16.5. The van der Waals surface area contributed by atoms with E-state index in [1.165, 1.54) is 5.56 Å². The molecule has 0 radical (unpaired) electrons. The quantitative estimate of drug-likeness (QED) is 0.797. The number of hydrogen-bond donors (Lipinski definition) is 1. The average molecular weight is 316 g/mol. The summed E-state index contributed by atoms with van der Waals surface area (Å²) in [5, 5.41) is 11.2. The monoisotopic (exact) mass is 316 g/mol. The fraction of sp³-hybridized carbons (Fsp3) is 0.471. The standard InChI is InChI=1S/C17H24N4O2/c1-12(2)16-15(17(22)18-10-5-11-23-4)19-20-21(16)14-8-6-13(3)7-9-14/h6-9,12H,5,10-11H2,1-4H3,(H,18,22). The maximum absolute atomic E-state index is 12.4. The third-order valence-electron chi connectivity index (χ3n) is 3.56. The van der Waals surface area contributed by atoms with Gasteiger partial charge in [0.2, 0.25) is 0 Å². The van der Waals surface area contributed by atoms with Crippen LogP contribution in [0.1, 0.15) is 47.9 Å². The van der Waals surface area contributed by atoms with Crippen molar-refractivity contribution >= 4 is 5.91 Å². The second-order valence-corrected chi connectivity index (χ2v) is 5.83. The van der Waals surface area contributed by atoms with E-state index >= 15 is 0 Å². The summed E-state index contributed by atoms with van der Waals surface area (Å²) < 4.78 is 6.72. The van der Waals surface area contributed by atoms with Gasteiger partial charge < -0.3 is 10.1 Å². The number of ether oxygens (including phenoxy) is 1. The van der Waals surface area contributed by atoms with Crippen LogP contribution < -0.4 is 5.32 Å². The SMILES string of the molecule is COCCCNC(=O)c1nnn(-c2ccc(C)cc2)c1C(C)C. The molecule has 2 rings (SSSR count). The lowest BCUT2D eigenvalue weighted by Gasteiger charge is -2.11. The molecule has 1 amide bonds. The van der Waals surface area contributed by atoms with Gasteiger partial charge >= 0.3 is 0 Å². The van der Waals surface area contributed by atoms with Gasteiger partial charge in [0.1, 0.15) is 0 Å². The van der Waals surface area contributed by atoms with E-state index in [0.29, 0.717) is 18.8 Å². The summed E-state index contributed by atoms with van der Waals surface area (Å²) in [7, 11) is 1.64. The third-order valence-corrected chi connectivity index (χ3v) is 3.56. The Hall–Kier alpha value is -2.21. The molecule has 0 aliphatic rings. The molecule has 0 aliphatic heterocycles. The molecule has 0 saturated carbocycles. The molecule has 0 spiro atoms. The van der Waals surface area contributed by atoms with Gasteiger partial charge in [0, 0.05) is 20.3 Å². The van der Waals surface area contributed by atoms with Crippen LogP contribution in [0.15, 0.2) is 24.3 Å². The van der Waals surface area contributed by atoms with Crippen LogP contribution in [0, 0.1) is 6.92 Å². The first-order valence-corrected chi connectivity index (χ1v) is 7.84. The number of nitrogens with zero attached hydrogens (tertiary/aromatic N) is 3. The summed E-state index contributed by atoms with van der Waals surface area (Å²) in [4.78, 5) is 12.4. The largest absolute Gasteiger partial charge is 0.385 e. The van der Waals surface area contributed by atoms with Crippen molar-refractivity contribution in [2.45, 2.75) is 33.1 Å². The molecule has 23 heavy (non-hydrogen) atoms. The van der Waals surface area contributed by atoms with E-state index in [1.807, 2.05) is 45.0 Å². The van der Waals surface area contributed by atoms with Crippen molar-refractivity contribution in [3.05, 3.63) is 41.2 Å². The number of rotatable bonds is 7. The fourth-order valence-electron chi connectivity index (χ4n) is 2.35. The molecule has 0 atom stereocenters. The van der Waals surface area contributed by atoms with Gasteiger partial charge in [-0.2, -0.15) is 0 Å². The average Bonchev–Trinajstić information content (AvgIpc) is 2.97. The van der Waals surface area contributed by atoms with Gasteiger partial charge in [-0.25, -0.2) is 4.68 Å². The Morgan fingerprint density at radius 2 is 2.00 bits per heavy atom. The van der Waals surface area contributed by atoms with E-state index in [9.17, 15) is 4.79 Å². The first kappa shape index (κ1) is 17.1. The summed E-state index contributed by atoms with van der Waals surface area (Å²) in [6.45, 7) is 7.28. The van der Waals surface area contributed by atoms with Gasteiger partial charge in [-0.15, -0.1) is 5.10 Å². The Kier molecular flexibility index (Phi) is 5.87. The van der Waals surface area contributed by atoms with E-state index in [0.717, 1.165) is 17.8 Å². The van der Waals surface area contributed by atoms with Gasteiger partial charge in [-0.3, -0.25) is 4.79 Å². The Labute approximate surface area is 136 Å². The molecule has 1 aromatic carbocycles. The highest BCUT2D eigenvalue weighted by molar-refractivity contribution is 5.93. The van der Waals surface area contributed by atoms with Crippen LogP contribution in [0.25, 0.3) is 5.69 Å². The molecule has 0 fully saturated rings. The molecular formula is C17H24N4O2. The number of nitrogens with one attached hydrogen (secondary N) is 1. The molecule has 1 heterocycles. The second-order valence-electron chi connectivity index (χ2n) is 5.83. The maximum Gasteiger partial charge on any atom is 0.273 e. The first-order chi connectivity index (χ1) is 11.0. The molecule has 124 valence electrons. The number of carbonyl (C=O) groups excluding carboxylic acids is 1. The zero-order chi connectivity index (χ0) is 16.8. The Balaban J connectivity index is 2.24. The summed E-state index contributed by atoms with van der Waals surface area (Å²) in [6.07, 6.45) is 0.769. The lowest BCUT2D eigenvalue weighted by atomic mass is 10.1. The van der Waals surface area contributed by atoms with Crippen molar-refractivity contribution < 1.29 is 9.53 Å². The van der Waals surface area contributed by atoms with E-state index in [4.69, 9.17) is 4.74 Å². The lowest BCUT2D eigenvalue weighted by Crippen LogP contribution is -2.27. The molecule has 1 N–H and O–H groups in total. The Bertz CT molecular complexity index is 647. The number of aryl methyl sites for hydroxylation is 1. The molecule has 0 unspecified atom stereocenters. The predicted molar refractivity (Wildman–Crippen MR) is 89.0 cm³/mol. The summed E-state index contributed by atoms with van der Waals surface area (Å²) in [5.41, 5.74) is 3.29. The number of carbonyl (C=O) groups is 1. The van der Waals surface area contributed by atoms with E-state index in [1.54, 1.807) is 11.8 Å². The lowest BCUT2D eigenvalue weighted by molar-refractivity contribution is 0.0942. The van der Waals surface area contributed by atoms with Crippen molar-refractivity contribution in [2.75, 3.05) is 20.3 Å². The normalized spacial score (nSPS) is 11.0. The van der Waals surface area contributed by atoms with Crippen LogP contribution in [-0.4, -0.2) is 41.2 Å². The van der Waals surface area contributed by atoms with Crippen LogP contribution in [0.4, 0.5) is 0 Å². The van der Waals surface area contributed by atoms with Gasteiger partial charge in [0.15, 0.2) is 5.69 Å². The molecule has 0 saturated heterocycles. The molecule has 1 aromatic heterocycles. The van der Waals surface area contributed by atoms with Gasteiger partial charge in [-0.05, 0) is 31.4 Å². The minimum atomic E-state index is -0.192. The fourth-order valence-corrected chi connectivity index (χ4v) is 2.35. The van der Waals surface area contributed by atoms with E-state index in [2.05, 4.69) is 15.6 Å². The highest BCUT2D eigenvalue weighted by Crippen LogP contribution is 2.21. The van der Waals surface area contributed by atoms with Crippen LogP contribution in [0.3, 0.4) is 0 Å². The van der Waals surface area contributed by atoms with Crippen LogP contribution in [0.5, 0.6) is 0 Å². The number of amides is 1. The first-order valence-electron chi connectivity index (χ1n) is 7.84. The second kappa shape index (κ2) is 7.87. The van der Waals surface area contributed by atoms with Crippen molar-refractivity contribution in [2.24, 2.45) is 0 Å². The van der Waals surface area contributed by atoms with Crippen molar-refractivity contribution in [3.8, 4) is 5.69 Å². The van der Waals surface area contributed by atoms with Crippen molar-refractivity contribution in [1.29, 1.82) is 0 Å². The minimum absolute atomic E-state index is 0.131. The molecule has 6 nitrogen and oxygen atoms in total. The molecule has 2 aromatic rings. The van der Waals surface area contributed by atoms with Gasteiger partial charge in [0.05, 0.1) is 11.4 Å². The number of methoxy groups -OCH3 is 1. The smallest absolute Gasteiger partial charge is 0.273 e. The predicted octanol–water partition coefficient (Wildman–Crippen LogP) is 2.47. The molecule has 0 bridgehead atoms. The van der Waals surface area contributed by atoms with Crippen LogP contribution >= 0.6 is 0 Å². The minimum Gasteiger partial charge on any atom is -0.385 e. The van der Waals surface area contributed by atoms with Gasteiger partial charge in [-0.1, -0.05) is 36.8 Å². The number of hydrogen-bond acceptors (Lipinski definition) is 4. The van der Waals surface area contributed by atoms with E-state index in [-0.39, 0.29) is 11.8 Å². The summed E-state index contributed by atoms with van der Waals surface area (Å²) >= 11 is 0. The van der Waals surface area contributed by atoms with Crippen LogP contribution in [0.2, 0.25) is 0 Å². The molecular weight excluding hydrogens is 292 g/mol. The van der Waals surface area contributed by atoms with Gasteiger partial charge in [0.25, 0.3) is 5.91 Å². The molecule has 0 aliphatic carbocycles. The molecule has 6 heteroatoms. The number of aromatic nitrogens is 3.